The van der Waals surface area contributed by atoms with Crippen molar-refractivity contribution in [2.24, 2.45) is 4.99 Å². The van der Waals surface area contributed by atoms with E-state index in [9.17, 15) is 0 Å². The van der Waals surface area contributed by atoms with Crippen molar-refractivity contribution >= 4 is 35.6 Å². The highest BCUT2D eigenvalue weighted by molar-refractivity contribution is 14.0. The molecule has 0 saturated carbocycles. The van der Waals surface area contributed by atoms with E-state index < -0.39 is 0 Å². The molecule has 0 aromatic heterocycles. The van der Waals surface area contributed by atoms with Crippen LogP contribution in [0.5, 0.6) is 0 Å². The number of likely N-dealkylation sites (tertiary alicyclic amines) is 1. The lowest BCUT2D eigenvalue weighted by atomic mass is 10.0. The highest BCUT2D eigenvalue weighted by Crippen LogP contribution is 2.20. The number of piperidine rings is 2. The third kappa shape index (κ3) is 6.79. The van der Waals surface area contributed by atoms with Crippen molar-refractivity contribution in [2.45, 2.75) is 58.0 Å². The van der Waals surface area contributed by atoms with Gasteiger partial charge in [0, 0.05) is 37.4 Å². The molecular formula is C22H38IN5. The highest BCUT2D eigenvalue weighted by Gasteiger charge is 2.22. The lowest BCUT2D eigenvalue weighted by molar-refractivity contribution is 0.161. The molecule has 28 heavy (non-hydrogen) atoms. The number of guanidine groups is 1. The third-order valence-corrected chi connectivity index (χ3v) is 5.92. The number of hydrogen-bond acceptors (Lipinski definition) is 3. The summed E-state index contributed by atoms with van der Waals surface area (Å²) in [6, 6.07) is 11.9. The van der Waals surface area contributed by atoms with Crippen LogP contribution in [0.4, 0.5) is 5.69 Å². The van der Waals surface area contributed by atoms with Crippen LogP contribution in [0, 0.1) is 0 Å². The number of nitrogens with zero attached hydrogens (tertiary/aromatic N) is 3. The van der Waals surface area contributed by atoms with Crippen LogP contribution in [-0.2, 0) is 0 Å². The summed E-state index contributed by atoms with van der Waals surface area (Å²) in [6.45, 7) is 10.8. The van der Waals surface area contributed by atoms with E-state index in [1.165, 1.54) is 31.5 Å². The average molecular weight is 499 g/mol. The molecule has 0 bridgehead atoms. The van der Waals surface area contributed by atoms with Crippen LogP contribution < -0.4 is 15.5 Å². The van der Waals surface area contributed by atoms with E-state index in [0.717, 1.165) is 51.5 Å². The molecule has 5 nitrogen and oxygen atoms in total. The van der Waals surface area contributed by atoms with E-state index in [1.807, 2.05) is 0 Å². The van der Waals surface area contributed by atoms with Crippen molar-refractivity contribution in [1.82, 2.24) is 15.5 Å². The fourth-order valence-electron chi connectivity index (χ4n) is 4.31. The molecule has 1 atom stereocenters. The second-order valence-corrected chi connectivity index (χ2v) is 7.74. The summed E-state index contributed by atoms with van der Waals surface area (Å²) >= 11 is 0. The molecule has 6 heteroatoms. The maximum atomic E-state index is 4.95. The lowest BCUT2D eigenvalue weighted by Crippen LogP contribution is -2.49. The Kier molecular flexibility index (Phi) is 10.4. The molecule has 2 aliphatic rings. The van der Waals surface area contributed by atoms with Crippen molar-refractivity contribution < 1.29 is 0 Å². The minimum absolute atomic E-state index is 0. The number of para-hydroxylation sites is 1. The van der Waals surface area contributed by atoms with Gasteiger partial charge in [-0.05, 0) is 57.8 Å². The van der Waals surface area contributed by atoms with Crippen LogP contribution in [0.15, 0.2) is 35.3 Å². The first-order valence-corrected chi connectivity index (χ1v) is 10.9. The molecule has 1 aromatic carbocycles. The zero-order valence-corrected chi connectivity index (χ0v) is 19.9. The zero-order valence-electron chi connectivity index (χ0n) is 17.6. The Balaban J connectivity index is 0.00000280. The van der Waals surface area contributed by atoms with Gasteiger partial charge in [-0.3, -0.25) is 9.89 Å². The Hall–Kier alpha value is -1.02. The number of likely N-dealkylation sites (N-methyl/N-ethyl adjacent to an activating group) is 1. The molecule has 2 heterocycles. The number of hydrogen-bond donors (Lipinski definition) is 2. The van der Waals surface area contributed by atoms with Gasteiger partial charge in [-0.15, -0.1) is 24.0 Å². The van der Waals surface area contributed by atoms with Gasteiger partial charge in [0.25, 0.3) is 0 Å². The highest BCUT2D eigenvalue weighted by atomic mass is 127. The van der Waals surface area contributed by atoms with Gasteiger partial charge in [0.1, 0.15) is 0 Å². The Labute approximate surface area is 188 Å². The van der Waals surface area contributed by atoms with Gasteiger partial charge in [0.15, 0.2) is 5.96 Å². The summed E-state index contributed by atoms with van der Waals surface area (Å²) in [5.41, 5.74) is 1.34. The van der Waals surface area contributed by atoms with Crippen molar-refractivity contribution in [3.05, 3.63) is 30.3 Å². The van der Waals surface area contributed by atoms with Crippen LogP contribution >= 0.6 is 24.0 Å². The number of rotatable bonds is 6. The maximum Gasteiger partial charge on any atom is 0.191 e. The molecular weight excluding hydrogens is 461 g/mol. The summed E-state index contributed by atoms with van der Waals surface area (Å²) in [4.78, 5) is 10.0. The number of benzene rings is 1. The van der Waals surface area contributed by atoms with E-state index in [-0.39, 0.29) is 24.0 Å². The smallest absolute Gasteiger partial charge is 0.191 e. The summed E-state index contributed by atoms with van der Waals surface area (Å²) in [5.74, 6) is 0.997. The standard InChI is InChI=1S/C22H37N5.HI/c1-3-23-22(24-18-21-12-8-9-15-26(21)4-2)25-19-13-16-27(17-14-19)20-10-6-5-7-11-20;/h5-7,10-11,19,21H,3-4,8-9,12-18H2,1-2H3,(H2,23,24,25);1H. The fourth-order valence-corrected chi connectivity index (χ4v) is 4.31. The zero-order chi connectivity index (χ0) is 18.9. The van der Waals surface area contributed by atoms with E-state index in [2.05, 4.69) is 64.6 Å². The van der Waals surface area contributed by atoms with Gasteiger partial charge in [0.2, 0.25) is 0 Å². The van der Waals surface area contributed by atoms with Gasteiger partial charge >= 0.3 is 0 Å². The molecule has 3 rings (SSSR count). The molecule has 0 amide bonds. The normalized spacial score (nSPS) is 21.9. The number of anilines is 1. The van der Waals surface area contributed by atoms with Gasteiger partial charge in [-0.25, -0.2) is 0 Å². The molecule has 2 aliphatic heterocycles. The molecule has 158 valence electrons. The van der Waals surface area contributed by atoms with Crippen molar-refractivity contribution in [3.63, 3.8) is 0 Å². The molecule has 2 fully saturated rings. The summed E-state index contributed by atoms with van der Waals surface area (Å²) < 4.78 is 0. The lowest BCUT2D eigenvalue weighted by Gasteiger charge is -2.35. The molecule has 0 spiro atoms. The van der Waals surface area contributed by atoms with E-state index >= 15 is 0 Å². The van der Waals surface area contributed by atoms with Crippen LogP contribution in [-0.4, -0.2) is 62.2 Å². The average Bonchev–Trinajstić information content (AvgIpc) is 2.73. The van der Waals surface area contributed by atoms with E-state index in [4.69, 9.17) is 4.99 Å². The quantitative estimate of drug-likeness (QED) is 0.356. The second kappa shape index (κ2) is 12.5. The third-order valence-electron chi connectivity index (χ3n) is 5.92. The topological polar surface area (TPSA) is 42.9 Å². The molecule has 1 unspecified atom stereocenters. The first-order valence-electron chi connectivity index (χ1n) is 10.9. The van der Waals surface area contributed by atoms with Crippen LogP contribution in [0.1, 0.15) is 46.0 Å². The van der Waals surface area contributed by atoms with Gasteiger partial charge in [-0.1, -0.05) is 31.5 Å². The summed E-state index contributed by atoms with van der Waals surface area (Å²) in [6.07, 6.45) is 6.28. The van der Waals surface area contributed by atoms with Crippen LogP contribution in [0.3, 0.4) is 0 Å². The number of nitrogens with one attached hydrogen (secondary N) is 2. The van der Waals surface area contributed by atoms with Gasteiger partial charge in [0.05, 0.1) is 6.54 Å². The maximum absolute atomic E-state index is 4.95. The van der Waals surface area contributed by atoms with E-state index in [1.54, 1.807) is 0 Å². The van der Waals surface area contributed by atoms with Crippen molar-refractivity contribution in [2.75, 3.05) is 44.2 Å². The minimum atomic E-state index is 0. The second-order valence-electron chi connectivity index (χ2n) is 7.74. The Bertz CT molecular complexity index is 572. The Morgan fingerprint density at radius 1 is 1.04 bits per heavy atom. The molecule has 1 aromatic rings. The molecule has 0 radical (unpaired) electrons. The fraction of sp³-hybridized carbons (Fsp3) is 0.682. The number of aliphatic imine (C=N–C) groups is 1. The van der Waals surface area contributed by atoms with Crippen LogP contribution in [0.25, 0.3) is 0 Å². The molecule has 2 saturated heterocycles. The first-order chi connectivity index (χ1) is 13.3. The SMILES string of the molecule is CCNC(=NCC1CCCCN1CC)NC1CCN(c2ccccc2)CC1.I. The van der Waals surface area contributed by atoms with Crippen molar-refractivity contribution in [3.8, 4) is 0 Å². The Morgan fingerprint density at radius 3 is 2.46 bits per heavy atom. The largest absolute Gasteiger partial charge is 0.371 e. The monoisotopic (exact) mass is 499 g/mol. The van der Waals surface area contributed by atoms with Gasteiger partial charge in [-0.2, -0.15) is 0 Å². The van der Waals surface area contributed by atoms with Crippen molar-refractivity contribution in [1.29, 1.82) is 0 Å². The Morgan fingerprint density at radius 2 is 1.79 bits per heavy atom. The minimum Gasteiger partial charge on any atom is -0.371 e. The number of halogens is 1. The summed E-state index contributed by atoms with van der Waals surface area (Å²) in [7, 11) is 0. The van der Waals surface area contributed by atoms with Crippen LogP contribution in [0.2, 0.25) is 0 Å². The van der Waals surface area contributed by atoms with E-state index in [0.29, 0.717) is 12.1 Å². The summed E-state index contributed by atoms with van der Waals surface area (Å²) in [5, 5.41) is 7.15. The predicted molar refractivity (Wildman–Crippen MR) is 131 cm³/mol. The molecule has 0 aliphatic carbocycles. The van der Waals surface area contributed by atoms with Gasteiger partial charge < -0.3 is 15.5 Å². The predicted octanol–water partition coefficient (Wildman–Crippen LogP) is 3.70. The first kappa shape index (κ1) is 23.3. The molecule has 2 N–H and O–H groups in total.